The Morgan fingerprint density at radius 2 is 1.77 bits per heavy atom. The predicted molar refractivity (Wildman–Crippen MR) is 116 cm³/mol. The zero-order chi connectivity index (χ0) is 20.2. The van der Waals surface area contributed by atoms with Crippen LogP contribution in [0.4, 0.5) is 4.39 Å². The summed E-state index contributed by atoms with van der Waals surface area (Å²) in [6, 6.07) is 20.7. The molecule has 0 unspecified atom stereocenters. The summed E-state index contributed by atoms with van der Waals surface area (Å²) in [4.78, 5) is 9.24. The van der Waals surface area contributed by atoms with E-state index in [1.807, 2.05) is 49.5 Å². The van der Waals surface area contributed by atoms with Crippen LogP contribution in [-0.2, 0) is 0 Å². The lowest BCUT2D eigenvalue weighted by molar-refractivity contribution is 0.618. The van der Waals surface area contributed by atoms with Crippen molar-refractivity contribution in [2.24, 2.45) is 0 Å². The van der Waals surface area contributed by atoms with Gasteiger partial charge in [0.15, 0.2) is 0 Å². The van der Waals surface area contributed by atoms with Crippen LogP contribution in [0.3, 0.4) is 0 Å². The number of nitrogens with zero attached hydrogens (tertiary/aromatic N) is 3. The van der Waals surface area contributed by atoms with Gasteiger partial charge in [0.1, 0.15) is 28.3 Å². The molecule has 0 bridgehead atoms. The van der Waals surface area contributed by atoms with Gasteiger partial charge in [-0.2, -0.15) is 0 Å². The molecule has 0 saturated heterocycles. The van der Waals surface area contributed by atoms with Gasteiger partial charge in [-0.25, -0.2) is 9.37 Å². The molecule has 3 heterocycles. The molecule has 0 amide bonds. The van der Waals surface area contributed by atoms with Gasteiger partial charge in [-0.1, -0.05) is 30.3 Å². The van der Waals surface area contributed by atoms with E-state index in [1.54, 1.807) is 12.3 Å². The third-order valence-electron chi connectivity index (χ3n) is 5.46. The van der Waals surface area contributed by atoms with E-state index in [0.717, 1.165) is 44.4 Å². The number of hydrogen-bond donors (Lipinski definition) is 0. The largest absolute Gasteiger partial charge is 0.455 e. The maximum atomic E-state index is 13.8. The Hall–Kier alpha value is -3.99. The number of benzene rings is 3. The van der Waals surface area contributed by atoms with Gasteiger partial charge < -0.3 is 4.42 Å². The van der Waals surface area contributed by atoms with Crippen molar-refractivity contribution in [3.8, 4) is 17.1 Å². The number of para-hydroxylation sites is 2. The van der Waals surface area contributed by atoms with Crippen LogP contribution in [0.5, 0.6) is 0 Å². The fourth-order valence-corrected chi connectivity index (χ4v) is 4.14. The second-order valence-corrected chi connectivity index (χ2v) is 7.36. The highest BCUT2D eigenvalue weighted by Gasteiger charge is 2.20. The molecule has 0 radical (unpaired) electrons. The third kappa shape index (κ3) is 2.38. The Balaban J connectivity index is 1.75. The summed E-state index contributed by atoms with van der Waals surface area (Å²) >= 11 is 0. The molecule has 3 aromatic carbocycles. The van der Waals surface area contributed by atoms with Crippen LogP contribution in [-0.4, -0.2) is 14.5 Å². The number of imidazole rings is 1. The molecule has 0 aliphatic heterocycles. The maximum absolute atomic E-state index is 13.8. The van der Waals surface area contributed by atoms with Gasteiger partial charge in [-0.15, -0.1) is 0 Å². The van der Waals surface area contributed by atoms with E-state index in [0.29, 0.717) is 11.2 Å². The Bertz CT molecular complexity index is 1560. The minimum atomic E-state index is -0.318. The van der Waals surface area contributed by atoms with Crippen molar-refractivity contribution in [1.82, 2.24) is 14.5 Å². The summed E-state index contributed by atoms with van der Waals surface area (Å²) in [5.74, 6) is 0.443. The zero-order valence-electron chi connectivity index (χ0n) is 16.1. The summed E-state index contributed by atoms with van der Waals surface area (Å²) in [5.41, 5.74) is 5.92. The Labute approximate surface area is 171 Å². The van der Waals surface area contributed by atoms with E-state index in [1.165, 1.54) is 12.1 Å². The quantitative estimate of drug-likeness (QED) is 0.340. The number of pyridine rings is 1. The molecule has 30 heavy (non-hydrogen) atoms. The molecule has 0 saturated carbocycles. The molecule has 0 fully saturated rings. The van der Waals surface area contributed by atoms with Gasteiger partial charge >= 0.3 is 0 Å². The summed E-state index contributed by atoms with van der Waals surface area (Å²) in [6.07, 6.45) is 3.62. The van der Waals surface area contributed by atoms with E-state index in [4.69, 9.17) is 9.40 Å². The van der Waals surface area contributed by atoms with Gasteiger partial charge in [0.25, 0.3) is 0 Å². The van der Waals surface area contributed by atoms with Crippen molar-refractivity contribution >= 4 is 33.0 Å². The van der Waals surface area contributed by atoms with Gasteiger partial charge in [0.05, 0.1) is 17.3 Å². The Morgan fingerprint density at radius 3 is 2.63 bits per heavy atom. The molecule has 0 aliphatic carbocycles. The van der Waals surface area contributed by atoms with Crippen LogP contribution in [0.2, 0.25) is 0 Å². The molecule has 3 aromatic heterocycles. The molecule has 4 nitrogen and oxygen atoms in total. The first-order valence-corrected chi connectivity index (χ1v) is 9.70. The Morgan fingerprint density at radius 1 is 0.900 bits per heavy atom. The zero-order valence-corrected chi connectivity index (χ0v) is 16.1. The highest BCUT2D eigenvalue weighted by molar-refractivity contribution is 6.09. The number of hydrogen-bond acceptors (Lipinski definition) is 3. The normalized spacial score (nSPS) is 11.7. The molecular weight excluding hydrogens is 377 g/mol. The maximum Gasteiger partial charge on any atom is 0.149 e. The summed E-state index contributed by atoms with van der Waals surface area (Å²) < 4.78 is 22.0. The van der Waals surface area contributed by atoms with Crippen molar-refractivity contribution in [1.29, 1.82) is 0 Å². The molecule has 5 heteroatoms. The molecule has 6 aromatic rings. The number of rotatable bonds is 2. The average Bonchev–Trinajstić information content (AvgIpc) is 3.33. The minimum absolute atomic E-state index is 0.318. The number of aryl methyl sites for hydroxylation is 1. The van der Waals surface area contributed by atoms with Crippen LogP contribution < -0.4 is 0 Å². The summed E-state index contributed by atoms with van der Waals surface area (Å²) in [6.45, 7) is 2.03. The SMILES string of the molecule is Cc1cncc2nc(-c3cccc4c3oc3cc(F)ccc34)n(-c3ccccc3)c12. The Kier molecular flexibility index (Phi) is 3.53. The van der Waals surface area contributed by atoms with Crippen molar-refractivity contribution in [3.63, 3.8) is 0 Å². The van der Waals surface area contributed by atoms with Gasteiger partial charge in [-0.05, 0) is 42.8 Å². The minimum Gasteiger partial charge on any atom is -0.455 e. The lowest BCUT2D eigenvalue weighted by Gasteiger charge is -2.11. The molecular formula is C25H16FN3O. The first-order valence-electron chi connectivity index (χ1n) is 9.70. The molecule has 0 spiro atoms. The van der Waals surface area contributed by atoms with E-state index in [9.17, 15) is 4.39 Å². The number of halogens is 1. The van der Waals surface area contributed by atoms with Crippen molar-refractivity contribution < 1.29 is 8.81 Å². The van der Waals surface area contributed by atoms with E-state index in [2.05, 4.69) is 21.7 Å². The van der Waals surface area contributed by atoms with Crippen LogP contribution in [0.25, 0.3) is 50.0 Å². The van der Waals surface area contributed by atoms with Crippen LogP contribution in [0.15, 0.2) is 83.5 Å². The molecule has 0 aliphatic rings. The second-order valence-electron chi connectivity index (χ2n) is 7.36. The number of furan rings is 1. The molecule has 6 rings (SSSR count). The first kappa shape index (κ1) is 16.9. The molecule has 0 N–H and O–H groups in total. The van der Waals surface area contributed by atoms with Crippen LogP contribution in [0.1, 0.15) is 5.56 Å². The summed E-state index contributed by atoms with van der Waals surface area (Å²) in [7, 11) is 0. The molecule has 144 valence electrons. The average molecular weight is 393 g/mol. The predicted octanol–water partition coefficient (Wildman–Crippen LogP) is 6.43. The van der Waals surface area contributed by atoms with Crippen molar-refractivity contribution in [2.75, 3.05) is 0 Å². The highest BCUT2D eigenvalue weighted by atomic mass is 19.1. The fraction of sp³-hybridized carbons (Fsp3) is 0.0400. The van der Waals surface area contributed by atoms with Crippen LogP contribution >= 0.6 is 0 Å². The second kappa shape index (κ2) is 6.26. The smallest absolute Gasteiger partial charge is 0.149 e. The molecule has 0 atom stereocenters. The lowest BCUT2D eigenvalue weighted by Crippen LogP contribution is -1.98. The lowest BCUT2D eigenvalue weighted by atomic mass is 10.1. The van der Waals surface area contributed by atoms with Crippen molar-refractivity contribution in [2.45, 2.75) is 6.92 Å². The van der Waals surface area contributed by atoms with Crippen molar-refractivity contribution in [3.05, 3.63) is 90.5 Å². The summed E-state index contributed by atoms with van der Waals surface area (Å²) in [5, 5.41) is 1.82. The van der Waals surface area contributed by atoms with E-state index < -0.39 is 0 Å². The highest BCUT2D eigenvalue weighted by Crippen LogP contribution is 2.38. The van der Waals surface area contributed by atoms with E-state index >= 15 is 0 Å². The number of fused-ring (bicyclic) bond motifs is 4. The van der Waals surface area contributed by atoms with Crippen LogP contribution in [0, 0.1) is 12.7 Å². The van der Waals surface area contributed by atoms with Gasteiger partial charge in [-0.3, -0.25) is 9.55 Å². The van der Waals surface area contributed by atoms with Gasteiger partial charge in [0, 0.05) is 28.7 Å². The monoisotopic (exact) mass is 393 g/mol. The van der Waals surface area contributed by atoms with Gasteiger partial charge in [0.2, 0.25) is 0 Å². The third-order valence-corrected chi connectivity index (χ3v) is 5.46. The topological polar surface area (TPSA) is 43.9 Å². The number of aromatic nitrogens is 3. The fourth-order valence-electron chi connectivity index (χ4n) is 4.14. The van der Waals surface area contributed by atoms with E-state index in [-0.39, 0.29) is 5.82 Å². The standard InChI is InChI=1S/C25H16FN3O/c1-15-13-27-14-21-23(15)29(17-6-3-2-4-7-17)25(28-21)20-9-5-8-19-18-11-10-16(26)12-22(18)30-24(19)20/h2-14H,1H3. The first-order chi connectivity index (χ1) is 14.7.